The summed E-state index contributed by atoms with van der Waals surface area (Å²) >= 11 is 0. The summed E-state index contributed by atoms with van der Waals surface area (Å²) in [6, 6.07) is 5.78. The molecule has 1 rings (SSSR count). The molecule has 0 aliphatic heterocycles. The Hall–Kier alpha value is -1.17. The number of quaternary nitrogens is 1. The lowest BCUT2D eigenvalue weighted by Gasteiger charge is -2.05. The van der Waals surface area contributed by atoms with Crippen LogP contribution in [0.5, 0.6) is 0 Å². The number of benzene rings is 1. The topological polar surface area (TPSA) is 84.8 Å². The van der Waals surface area contributed by atoms with E-state index in [1.165, 1.54) is 31.4 Å². The van der Waals surface area contributed by atoms with Gasteiger partial charge in [-0.05, 0) is 31.6 Å². The fourth-order valence-corrected chi connectivity index (χ4v) is 1.73. The Balaban J connectivity index is 0.000000362. The molecule has 0 aromatic heterocycles. The molecule has 0 aliphatic rings. The Kier molecular flexibility index (Phi) is 9.12. The molecule has 0 bridgehead atoms. The van der Waals surface area contributed by atoms with Gasteiger partial charge in [-0.1, -0.05) is 43.5 Å². The van der Waals surface area contributed by atoms with Crippen LogP contribution in [0.2, 0.25) is 0 Å². The van der Waals surface area contributed by atoms with Crippen LogP contribution in [0.4, 0.5) is 0 Å². The van der Waals surface area contributed by atoms with Gasteiger partial charge < -0.3 is 10.3 Å². The molecule has 0 amide bonds. The predicted molar refractivity (Wildman–Crippen MR) is 75.6 cm³/mol. The number of rotatable bonds is 5. The van der Waals surface area contributed by atoms with Gasteiger partial charge in [0.15, 0.2) is 0 Å². The van der Waals surface area contributed by atoms with Crippen LogP contribution in [0.25, 0.3) is 0 Å². The molecule has 0 atom stereocenters. The molecule has 0 unspecified atom stereocenters. The minimum atomic E-state index is -4.27. The van der Waals surface area contributed by atoms with Crippen molar-refractivity contribution in [2.75, 3.05) is 6.54 Å². The van der Waals surface area contributed by atoms with Crippen LogP contribution in [0.3, 0.4) is 0 Å². The van der Waals surface area contributed by atoms with Crippen LogP contribution in [0.15, 0.2) is 41.3 Å². The van der Waals surface area contributed by atoms with Gasteiger partial charge in [0, 0.05) is 0 Å². The Bertz CT molecular complexity index is 464. The van der Waals surface area contributed by atoms with Gasteiger partial charge in [0.2, 0.25) is 0 Å². The molecule has 1 aromatic carbocycles. The van der Waals surface area contributed by atoms with E-state index >= 15 is 0 Å². The molecule has 19 heavy (non-hydrogen) atoms. The summed E-state index contributed by atoms with van der Waals surface area (Å²) in [6.07, 6.45) is 8.16. The van der Waals surface area contributed by atoms with E-state index < -0.39 is 10.1 Å². The van der Waals surface area contributed by atoms with Crippen LogP contribution >= 0.6 is 0 Å². The molecule has 1 aromatic rings. The average molecular weight is 285 g/mol. The Morgan fingerprint density at radius 2 is 1.79 bits per heavy atom. The van der Waals surface area contributed by atoms with Crippen LogP contribution in [0, 0.1) is 6.92 Å². The Morgan fingerprint density at radius 3 is 2.21 bits per heavy atom. The summed E-state index contributed by atoms with van der Waals surface area (Å²) in [7, 11) is -4.27. The average Bonchev–Trinajstić information content (AvgIpc) is 2.35. The second-order valence-corrected chi connectivity index (χ2v) is 5.55. The van der Waals surface area contributed by atoms with E-state index in [1.54, 1.807) is 12.1 Å². The third kappa shape index (κ3) is 9.41. The van der Waals surface area contributed by atoms with Crippen molar-refractivity contribution in [1.29, 1.82) is 0 Å². The van der Waals surface area contributed by atoms with E-state index in [0.717, 1.165) is 12.1 Å². The van der Waals surface area contributed by atoms with Gasteiger partial charge in [0.05, 0.1) is 11.4 Å². The normalized spacial score (nSPS) is 11.2. The molecule has 4 nitrogen and oxygen atoms in total. The molecule has 0 heterocycles. The van der Waals surface area contributed by atoms with Crippen molar-refractivity contribution < 1.29 is 18.7 Å². The Morgan fingerprint density at radius 1 is 1.21 bits per heavy atom. The number of hydrogen-bond donors (Lipinski definition) is 1. The summed E-state index contributed by atoms with van der Waals surface area (Å²) in [4.78, 5) is -0.178. The highest BCUT2D eigenvalue weighted by Crippen LogP contribution is 2.08. The number of allylic oxidation sites excluding steroid dienone is 1. The molecule has 0 fully saturated rings. The Labute approximate surface area is 116 Å². The lowest BCUT2D eigenvalue weighted by molar-refractivity contribution is -0.352. The number of unbranched alkanes of at least 4 members (excludes halogenated alkanes) is 2. The molecule has 0 radical (unpaired) electrons. The SMILES string of the molecule is CCCC/C=C\C[NH3+].Cc1ccc(S(=O)(=O)[O-])cc1. The maximum Gasteiger partial charge on any atom is 0.124 e. The highest BCUT2D eigenvalue weighted by molar-refractivity contribution is 7.85. The standard InChI is InChI=1S/C7H15N.C7H8O3S/c1-2-3-4-5-6-7-8;1-6-2-4-7(5-3-6)11(8,9)10/h5-6H,2-4,7-8H2,1H3;2-5H,1H3,(H,8,9,10)/b6-5-;. The lowest BCUT2D eigenvalue weighted by Crippen LogP contribution is -2.49. The van der Waals surface area contributed by atoms with Gasteiger partial charge in [0.1, 0.15) is 10.1 Å². The van der Waals surface area contributed by atoms with Crippen molar-refractivity contribution in [3.63, 3.8) is 0 Å². The van der Waals surface area contributed by atoms with Gasteiger partial charge in [-0.15, -0.1) is 0 Å². The highest BCUT2D eigenvalue weighted by atomic mass is 32.2. The summed E-state index contributed by atoms with van der Waals surface area (Å²) in [5.74, 6) is 0. The second-order valence-electron chi connectivity index (χ2n) is 4.17. The van der Waals surface area contributed by atoms with Crippen LogP contribution in [-0.4, -0.2) is 19.5 Å². The summed E-state index contributed by atoms with van der Waals surface area (Å²) in [5.41, 5.74) is 4.62. The maximum atomic E-state index is 10.4. The molecule has 0 aliphatic carbocycles. The lowest BCUT2D eigenvalue weighted by atomic mass is 10.2. The van der Waals surface area contributed by atoms with Crippen molar-refractivity contribution in [2.24, 2.45) is 0 Å². The zero-order valence-corrected chi connectivity index (χ0v) is 12.4. The van der Waals surface area contributed by atoms with Crippen molar-refractivity contribution in [3.05, 3.63) is 42.0 Å². The van der Waals surface area contributed by atoms with Crippen LogP contribution in [-0.2, 0) is 10.1 Å². The van der Waals surface area contributed by atoms with Crippen molar-refractivity contribution in [1.82, 2.24) is 0 Å². The fraction of sp³-hybridized carbons (Fsp3) is 0.429. The third-order valence-corrected chi connectivity index (χ3v) is 3.22. The molecule has 0 saturated carbocycles. The molecule has 3 N–H and O–H groups in total. The van der Waals surface area contributed by atoms with Gasteiger partial charge in [-0.2, -0.15) is 0 Å². The van der Waals surface area contributed by atoms with Gasteiger partial charge in [-0.25, -0.2) is 8.42 Å². The van der Waals surface area contributed by atoms with Crippen LogP contribution < -0.4 is 5.73 Å². The number of aryl methyl sites for hydroxylation is 1. The van der Waals surface area contributed by atoms with Gasteiger partial charge in [0.25, 0.3) is 0 Å². The van der Waals surface area contributed by atoms with E-state index in [2.05, 4.69) is 24.8 Å². The molecular weight excluding hydrogens is 262 g/mol. The fourth-order valence-electron chi connectivity index (χ4n) is 1.26. The third-order valence-electron chi connectivity index (χ3n) is 2.37. The quantitative estimate of drug-likeness (QED) is 0.509. The van der Waals surface area contributed by atoms with E-state index in [4.69, 9.17) is 0 Å². The van der Waals surface area contributed by atoms with E-state index in [-0.39, 0.29) is 4.90 Å². The largest absolute Gasteiger partial charge is 0.744 e. The molecule has 0 spiro atoms. The first-order valence-corrected chi connectivity index (χ1v) is 7.79. The van der Waals surface area contributed by atoms with Crippen LogP contribution in [0.1, 0.15) is 31.7 Å². The first kappa shape index (κ1) is 17.8. The van der Waals surface area contributed by atoms with Gasteiger partial charge >= 0.3 is 0 Å². The zero-order chi connectivity index (χ0) is 14.7. The zero-order valence-electron chi connectivity index (χ0n) is 11.6. The predicted octanol–water partition coefficient (Wildman–Crippen LogP) is 1.87. The first-order valence-electron chi connectivity index (χ1n) is 6.38. The van der Waals surface area contributed by atoms with Crippen molar-refractivity contribution in [2.45, 2.75) is 38.0 Å². The minimum absolute atomic E-state index is 0.178. The van der Waals surface area contributed by atoms with E-state index in [0.29, 0.717) is 0 Å². The first-order chi connectivity index (χ1) is 8.91. The minimum Gasteiger partial charge on any atom is -0.744 e. The molecular formula is C14H23NO3S. The summed E-state index contributed by atoms with van der Waals surface area (Å²) in [5, 5.41) is 0. The van der Waals surface area contributed by atoms with E-state index in [1.807, 2.05) is 6.92 Å². The maximum absolute atomic E-state index is 10.4. The van der Waals surface area contributed by atoms with Crippen molar-refractivity contribution >= 4 is 10.1 Å². The molecule has 0 saturated heterocycles. The molecule has 108 valence electrons. The molecule has 5 heteroatoms. The smallest absolute Gasteiger partial charge is 0.124 e. The summed E-state index contributed by atoms with van der Waals surface area (Å²) in [6.45, 7) is 4.96. The van der Waals surface area contributed by atoms with Gasteiger partial charge in [-0.3, -0.25) is 0 Å². The van der Waals surface area contributed by atoms with Crippen molar-refractivity contribution in [3.8, 4) is 0 Å². The second kappa shape index (κ2) is 9.72. The summed E-state index contributed by atoms with van der Waals surface area (Å²) < 4.78 is 31.2. The highest BCUT2D eigenvalue weighted by Gasteiger charge is 1.97. The monoisotopic (exact) mass is 285 g/mol. The number of hydrogen-bond acceptors (Lipinski definition) is 3. The van der Waals surface area contributed by atoms with E-state index in [9.17, 15) is 13.0 Å².